The topological polar surface area (TPSA) is 22.8 Å². The minimum absolute atomic E-state index is 1.02. The standard InChI is InChI=1S/C23H19N3.C5H8.C4H8/c1-16-3-9-22-18(13-16)11-12-25(22)19-5-7-20(8-6-19)26-15-24-21-14-17(2)4-10-23(21)26;1-4-5(2)3;1-3-4-2/h3-15H,1-2H3;4H,1-2H2,3H3;3H,1,4H2,2H3. The average molecular weight is 462 g/mol. The lowest BCUT2D eigenvalue weighted by Crippen LogP contribution is -1.95. The van der Waals surface area contributed by atoms with Gasteiger partial charge in [-0.3, -0.25) is 4.57 Å². The van der Waals surface area contributed by atoms with Crippen LogP contribution in [0.25, 0.3) is 33.3 Å². The molecule has 0 radical (unpaired) electrons. The molecule has 3 nitrogen and oxygen atoms in total. The van der Waals surface area contributed by atoms with Gasteiger partial charge in [0.2, 0.25) is 0 Å². The number of rotatable bonds is 4. The van der Waals surface area contributed by atoms with Gasteiger partial charge in [0, 0.05) is 23.0 Å². The first-order valence-electron chi connectivity index (χ1n) is 11.9. The molecule has 0 spiro atoms. The van der Waals surface area contributed by atoms with Crippen molar-refractivity contribution >= 4 is 21.9 Å². The largest absolute Gasteiger partial charge is 0.317 e. The summed E-state index contributed by atoms with van der Waals surface area (Å²) in [6, 6.07) is 23.7. The van der Waals surface area contributed by atoms with Crippen molar-refractivity contribution in [3.05, 3.63) is 128 Å². The van der Waals surface area contributed by atoms with Crippen LogP contribution < -0.4 is 0 Å². The first-order chi connectivity index (χ1) is 16.9. The third-order valence-corrected chi connectivity index (χ3v) is 5.59. The van der Waals surface area contributed by atoms with E-state index >= 15 is 0 Å². The van der Waals surface area contributed by atoms with E-state index in [-0.39, 0.29) is 0 Å². The van der Waals surface area contributed by atoms with Crippen molar-refractivity contribution in [1.29, 1.82) is 0 Å². The Morgan fingerprint density at radius 3 is 1.94 bits per heavy atom. The third kappa shape index (κ3) is 6.27. The molecule has 3 aromatic carbocycles. The molecular weight excluding hydrogens is 426 g/mol. The van der Waals surface area contributed by atoms with Crippen LogP contribution in [0.15, 0.2) is 117 Å². The maximum absolute atomic E-state index is 4.54. The lowest BCUT2D eigenvalue weighted by atomic mass is 10.2. The molecule has 5 rings (SSSR count). The van der Waals surface area contributed by atoms with Crippen LogP contribution in [0.1, 0.15) is 31.4 Å². The number of hydrogen-bond acceptors (Lipinski definition) is 1. The van der Waals surface area contributed by atoms with Gasteiger partial charge in [0.05, 0.1) is 16.6 Å². The summed E-state index contributed by atoms with van der Waals surface area (Å²) in [6.07, 6.45) is 8.71. The number of benzene rings is 3. The first-order valence-corrected chi connectivity index (χ1v) is 11.9. The van der Waals surface area contributed by atoms with E-state index in [0.29, 0.717) is 0 Å². The monoisotopic (exact) mass is 461 g/mol. The quantitative estimate of drug-likeness (QED) is 0.193. The van der Waals surface area contributed by atoms with Crippen molar-refractivity contribution in [2.75, 3.05) is 0 Å². The van der Waals surface area contributed by atoms with Gasteiger partial charge in [0.1, 0.15) is 6.33 Å². The Morgan fingerprint density at radius 2 is 1.37 bits per heavy atom. The lowest BCUT2D eigenvalue weighted by Gasteiger charge is -2.09. The molecule has 0 amide bonds. The van der Waals surface area contributed by atoms with Gasteiger partial charge in [0.25, 0.3) is 0 Å². The van der Waals surface area contributed by atoms with Crippen LogP contribution in [0.2, 0.25) is 0 Å². The van der Waals surface area contributed by atoms with Gasteiger partial charge in [-0.1, -0.05) is 55.5 Å². The number of nitrogens with zero attached hydrogens (tertiary/aromatic N) is 3. The fourth-order valence-corrected chi connectivity index (χ4v) is 3.59. The summed E-state index contributed by atoms with van der Waals surface area (Å²) in [7, 11) is 0. The second-order valence-corrected chi connectivity index (χ2v) is 8.62. The minimum Gasteiger partial charge on any atom is -0.317 e. The van der Waals surface area contributed by atoms with Gasteiger partial charge < -0.3 is 4.57 Å². The second kappa shape index (κ2) is 11.8. The van der Waals surface area contributed by atoms with Gasteiger partial charge in [-0.05, 0) is 87.4 Å². The molecule has 2 heterocycles. The molecule has 0 aliphatic heterocycles. The molecule has 0 atom stereocenters. The van der Waals surface area contributed by atoms with E-state index in [2.05, 4.69) is 128 Å². The summed E-state index contributed by atoms with van der Waals surface area (Å²) >= 11 is 0. The number of imidazole rings is 1. The summed E-state index contributed by atoms with van der Waals surface area (Å²) in [5, 5.41) is 1.27. The predicted octanol–water partition coefficient (Wildman–Crippen LogP) is 8.92. The summed E-state index contributed by atoms with van der Waals surface area (Å²) in [4.78, 5) is 4.54. The third-order valence-electron chi connectivity index (χ3n) is 5.59. The Labute approximate surface area is 209 Å². The highest BCUT2D eigenvalue weighted by Crippen LogP contribution is 2.24. The van der Waals surface area contributed by atoms with E-state index in [0.717, 1.165) is 34.4 Å². The molecule has 178 valence electrons. The number of aromatic nitrogens is 3. The highest BCUT2D eigenvalue weighted by atomic mass is 15.0. The summed E-state index contributed by atoms with van der Waals surface area (Å²) in [6.45, 7) is 18.7. The maximum Gasteiger partial charge on any atom is 0.100 e. The van der Waals surface area contributed by atoms with Crippen molar-refractivity contribution < 1.29 is 0 Å². The molecule has 3 heteroatoms. The van der Waals surface area contributed by atoms with Crippen molar-refractivity contribution in [2.45, 2.75) is 34.1 Å². The molecule has 2 aromatic heterocycles. The summed E-state index contributed by atoms with van der Waals surface area (Å²) in [5.74, 6) is 0. The first kappa shape index (κ1) is 25.5. The molecule has 0 bridgehead atoms. The number of hydrogen-bond donors (Lipinski definition) is 0. The van der Waals surface area contributed by atoms with Crippen LogP contribution in [0.3, 0.4) is 0 Å². The van der Waals surface area contributed by atoms with Gasteiger partial charge in [0.15, 0.2) is 0 Å². The number of fused-ring (bicyclic) bond motifs is 2. The Hall–Kier alpha value is -4.11. The zero-order valence-electron chi connectivity index (χ0n) is 21.3. The predicted molar refractivity (Wildman–Crippen MR) is 153 cm³/mol. The molecule has 35 heavy (non-hydrogen) atoms. The zero-order chi connectivity index (χ0) is 25.4. The van der Waals surface area contributed by atoms with E-state index in [4.69, 9.17) is 0 Å². The van der Waals surface area contributed by atoms with Crippen LogP contribution in [-0.4, -0.2) is 14.1 Å². The lowest BCUT2D eigenvalue weighted by molar-refractivity contribution is 1.08. The van der Waals surface area contributed by atoms with Gasteiger partial charge >= 0.3 is 0 Å². The van der Waals surface area contributed by atoms with Crippen LogP contribution in [-0.2, 0) is 0 Å². The van der Waals surface area contributed by atoms with Crippen molar-refractivity contribution in [3.63, 3.8) is 0 Å². The van der Waals surface area contributed by atoms with Crippen LogP contribution in [0, 0.1) is 13.8 Å². The normalized spacial score (nSPS) is 10.2. The zero-order valence-corrected chi connectivity index (χ0v) is 21.3. The fourth-order valence-electron chi connectivity index (χ4n) is 3.59. The fraction of sp³-hybridized carbons (Fsp3) is 0.156. The summed E-state index contributed by atoms with van der Waals surface area (Å²) in [5.41, 5.74) is 9.20. The van der Waals surface area contributed by atoms with E-state index in [1.807, 2.05) is 19.3 Å². The smallest absolute Gasteiger partial charge is 0.100 e. The van der Waals surface area contributed by atoms with Crippen LogP contribution in [0.4, 0.5) is 0 Å². The summed E-state index contributed by atoms with van der Waals surface area (Å²) < 4.78 is 4.36. The minimum atomic E-state index is 1.02. The average Bonchev–Trinajstić information content (AvgIpc) is 3.48. The molecule has 5 aromatic rings. The van der Waals surface area contributed by atoms with Crippen molar-refractivity contribution in [1.82, 2.24) is 14.1 Å². The van der Waals surface area contributed by atoms with Crippen molar-refractivity contribution in [2.24, 2.45) is 0 Å². The second-order valence-electron chi connectivity index (χ2n) is 8.62. The molecule has 0 aliphatic carbocycles. The van der Waals surface area contributed by atoms with Crippen LogP contribution >= 0.6 is 0 Å². The molecular formula is C32H35N3. The molecule has 0 saturated carbocycles. The van der Waals surface area contributed by atoms with Gasteiger partial charge in [-0.15, -0.1) is 6.58 Å². The maximum atomic E-state index is 4.54. The molecule has 0 unspecified atom stereocenters. The Kier molecular flexibility index (Phi) is 8.63. The molecule has 0 aliphatic rings. The van der Waals surface area contributed by atoms with Crippen LogP contribution in [0.5, 0.6) is 0 Å². The number of allylic oxidation sites excluding steroid dienone is 3. The van der Waals surface area contributed by atoms with E-state index in [1.165, 1.54) is 22.0 Å². The number of aryl methyl sites for hydroxylation is 2. The van der Waals surface area contributed by atoms with Gasteiger partial charge in [-0.2, -0.15) is 0 Å². The van der Waals surface area contributed by atoms with E-state index < -0.39 is 0 Å². The Morgan fingerprint density at radius 1 is 0.829 bits per heavy atom. The van der Waals surface area contributed by atoms with Crippen molar-refractivity contribution in [3.8, 4) is 11.4 Å². The Bertz CT molecular complexity index is 1350. The molecule has 0 fully saturated rings. The SMILES string of the molecule is C=CC(=C)C.C=CCC.Cc1ccc2c(ccn2-c2ccc(-n3cnc4cc(C)ccc43)cc2)c1. The van der Waals surface area contributed by atoms with E-state index in [9.17, 15) is 0 Å². The molecule has 0 saturated heterocycles. The van der Waals surface area contributed by atoms with E-state index in [1.54, 1.807) is 6.08 Å². The van der Waals surface area contributed by atoms with Gasteiger partial charge in [-0.25, -0.2) is 4.98 Å². The molecule has 0 N–H and O–H groups in total. The highest BCUT2D eigenvalue weighted by Gasteiger charge is 2.07. The Balaban J connectivity index is 0.000000330. The highest BCUT2D eigenvalue weighted by molar-refractivity contribution is 5.83.